The van der Waals surface area contributed by atoms with Gasteiger partial charge in [-0.1, -0.05) is 18.2 Å². The molecule has 0 heterocycles. The van der Waals surface area contributed by atoms with Crippen LogP contribution in [0.3, 0.4) is 0 Å². The highest BCUT2D eigenvalue weighted by Crippen LogP contribution is 2.30. The summed E-state index contributed by atoms with van der Waals surface area (Å²) in [6.07, 6.45) is 2.06. The number of nitrogens with two attached hydrogens (primary N) is 1. The van der Waals surface area contributed by atoms with Crippen molar-refractivity contribution in [2.75, 3.05) is 13.4 Å². The van der Waals surface area contributed by atoms with Gasteiger partial charge in [0.15, 0.2) is 0 Å². The van der Waals surface area contributed by atoms with Gasteiger partial charge in [-0.05, 0) is 57.6 Å². The lowest BCUT2D eigenvalue weighted by Gasteiger charge is -2.14. The normalized spacial score (nSPS) is 12.2. The molecule has 2 N–H and O–H groups in total. The van der Waals surface area contributed by atoms with Gasteiger partial charge < -0.3 is 10.5 Å². The highest BCUT2D eigenvalue weighted by molar-refractivity contribution is 9.10. The van der Waals surface area contributed by atoms with E-state index in [1.807, 2.05) is 18.2 Å². The molecule has 2 aromatic rings. The van der Waals surface area contributed by atoms with Gasteiger partial charge in [-0.3, -0.25) is 0 Å². The first-order valence-electron chi connectivity index (χ1n) is 5.88. The lowest BCUT2D eigenvalue weighted by atomic mass is 10.00. The van der Waals surface area contributed by atoms with Gasteiger partial charge in [0.1, 0.15) is 5.75 Å². The molecule has 2 nitrogen and oxygen atoms in total. The Labute approximate surface area is 126 Å². The predicted octanol–water partition coefficient (Wildman–Crippen LogP) is 4.23. The smallest absolute Gasteiger partial charge is 0.133 e. The Balaban J connectivity index is 2.27. The van der Waals surface area contributed by atoms with Crippen molar-refractivity contribution in [3.8, 4) is 5.75 Å². The van der Waals surface area contributed by atoms with Gasteiger partial charge in [-0.25, -0.2) is 0 Å². The third-order valence-corrected chi connectivity index (χ3v) is 4.37. The number of hydrogen-bond donors (Lipinski definition) is 1. The molecule has 1 atom stereocenters. The minimum absolute atomic E-state index is 0.127. The molecule has 0 bridgehead atoms. The SMILES string of the molecule is COc1ccc(C(N)c2ccc(SC)cc2)cc1Br. The summed E-state index contributed by atoms with van der Waals surface area (Å²) in [7, 11) is 1.65. The van der Waals surface area contributed by atoms with Crippen molar-refractivity contribution >= 4 is 27.7 Å². The molecule has 0 saturated heterocycles. The Morgan fingerprint density at radius 3 is 2.26 bits per heavy atom. The summed E-state index contributed by atoms with van der Waals surface area (Å²) in [5.74, 6) is 0.814. The van der Waals surface area contributed by atoms with Crippen LogP contribution in [0.1, 0.15) is 17.2 Å². The Hall–Kier alpha value is -0.970. The summed E-state index contributed by atoms with van der Waals surface area (Å²) >= 11 is 5.21. The van der Waals surface area contributed by atoms with Crippen LogP contribution in [0, 0.1) is 0 Å². The third kappa shape index (κ3) is 3.32. The van der Waals surface area contributed by atoms with E-state index in [1.54, 1.807) is 18.9 Å². The van der Waals surface area contributed by atoms with Gasteiger partial charge in [0.05, 0.1) is 17.6 Å². The summed E-state index contributed by atoms with van der Waals surface area (Å²) in [6.45, 7) is 0. The van der Waals surface area contributed by atoms with Gasteiger partial charge in [0, 0.05) is 4.90 Å². The fourth-order valence-corrected chi connectivity index (χ4v) is 2.85. The van der Waals surface area contributed by atoms with Crippen LogP contribution in [0.5, 0.6) is 5.75 Å². The number of thioether (sulfide) groups is 1. The number of hydrogen-bond acceptors (Lipinski definition) is 3. The lowest BCUT2D eigenvalue weighted by Crippen LogP contribution is -2.11. The lowest BCUT2D eigenvalue weighted by molar-refractivity contribution is 0.412. The standard InChI is InChI=1S/C15H16BrNOS/c1-18-14-8-5-11(9-13(14)16)15(17)10-3-6-12(19-2)7-4-10/h3-9,15H,17H2,1-2H3. The van der Waals surface area contributed by atoms with Crippen LogP contribution < -0.4 is 10.5 Å². The van der Waals surface area contributed by atoms with E-state index < -0.39 is 0 Å². The van der Waals surface area contributed by atoms with E-state index >= 15 is 0 Å². The molecule has 2 aromatic carbocycles. The molecular formula is C15H16BrNOS. The van der Waals surface area contributed by atoms with Gasteiger partial charge in [0.25, 0.3) is 0 Å². The van der Waals surface area contributed by atoms with Crippen LogP contribution in [0.2, 0.25) is 0 Å². The highest BCUT2D eigenvalue weighted by Gasteiger charge is 2.11. The molecule has 4 heteroatoms. The maximum atomic E-state index is 6.30. The molecule has 0 saturated carbocycles. The van der Waals surface area contributed by atoms with Crippen LogP contribution in [-0.2, 0) is 0 Å². The van der Waals surface area contributed by atoms with Gasteiger partial charge in [-0.2, -0.15) is 0 Å². The van der Waals surface area contributed by atoms with E-state index in [9.17, 15) is 0 Å². The van der Waals surface area contributed by atoms with Crippen molar-refractivity contribution in [3.05, 3.63) is 58.1 Å². The number of benzene rings is 2. The van der Waals surface area contributed by atoms with E-state index in [-0.39, 0.29) is 6.04 Å². The molecular weight excluding hydrogens is 322 g/mol. The van der Waals surface area contributed by atoms with Crippen LogP contribution in [0.4, 0.5) is 0 Å². The molecule has 19 heavy (non-hydrogen) atoms. The van der Waals surface area contributed by atoms with E-state index in [0.29, 0.717) is 0 Å². The van der Waals surface area contributed by atoms with Crippen molar-refractivity contribution in [1.82, 2.24) is 0 Å². The first-order chi connectivity index (χ1) is 9.15. The van der Waals surface area contributed by atoms with Crippen molar-refractivity contribution in [2.24, 2.45) is 5.73 Å². The zero-order valence-electron chi connectivity index (χ0n) is 10.9. The number of halogens is 1. The summed E-state index contributed by atoms with van der Waals surface area (Å²) in [6, 6.07) is 14.1. The van der Waals surface area contributed by atoms with Gasteiger partial charge in [-0.15, -0.1) is 11.8 Å². The second-order valence-electron chi connectivity index (χ2n) is 4.14. The quantitative estimate of drug-likeness (QED) is 0.848. The first-order valence-corrected chi connectivity index (χ1v) is 7.90. The van der Waals surface area contributed by atoms with Crippen molar-refractivity contribution in [3.63, 3.8) is 0 Å². The minimum atomic E-state index is -0.127. The zero-order valence-corrected chi connectivity index (χ0v) is 13.3. The Morgan fingerprint density at radius 1 is 1.11 bits per heavy atom. The van der Waals surface area contributed by atoms with E-state index in [2.05, 4.69) is 46.5 Å². The van der Waals surface area contributed by atoms with Crippen molar-refractivity contribution in [1.29, 1.82) is 0 Å². The molecule has 0 amide bonds. The van der Waals surface area contributed by atoms with Crippen molar-refractivity contribution < 1.29 is 4.74 Å². The topological polar surface area (TPSA) is 35.2 Å². The van der Waals surface area contributed by atoms with Crippen LogP contribution in [0.15, 0.2) is 51.8 Å². The van der Waals surface area contributed by atoms with Crippen LogP contribution in [0.25, 0.3) is 0 Å². The summed E-state index contributed by atoms with van der Waals surface area (Å²) in [4.78, 5) is 1.24. The molecule has 0 radical (unpaired) electrons. The zero-order chi connectivity index (χ0) is 13.8. The molecule has 2 rings (SSSR count). The molecule has 0 aliphatic rings. The summed E-state index contributed by atoms with van der Waals surface area (Å²) < 4.78 is 6.15. The number of methoxy groups -OCH3 is 1. The summed E-state index contributed by atoms with van der Waals surface area (Å²) in [5.41, 5.74) is 8.47. The Morgan fingerprint density at radius 2 is 1.74 bits per heavy atom. The molecule has 0 aromatic heterocycles. The third-order valence-electron chi connectivity index (χ3n) is 3.01. The predicted molar refractivity (Wildman–Crippen MR) is 84.9 cm³/mol. The fraction of sp³-hybridized carbons (Fsp3) is 0.200. The number of ether oxygens (including phenoxy) is 1. The summed E-state index contributed by atoms with van der Waals surface area (Å²) in [5, 5.41) is 0. The monoisotopic (exact) mass is 337 g/mol. The Kier molecular flexibility index (Phi) is 4.91. The molecule has 0 aliphatic heterocycles. The van der Waals surface area contributed by atoms with Gasteiger partial charge >= 0.3 is 0 Å². The second-order valence-corrected chi connectivity index (χ2v) is 5.88. The second kappa shape index (κ2) is 6.46. The molecule has 0 fully saturated rings. The van der Waals surface area contributed by atoms with Crippen molar-refractivity contribution in [2.45, 2.75) is 10.9 Å². The van der Waals surface area contributed by atoms with Gasteiger partial charge in [0.2, 0.25) is 0 Å². The van der Waals surface area contributed by atoms with E-state index in [0.717, 1.165) is 21.3 Å². The maximum absolute atomic E-state index is 6.30. The molecule has 100 valence electrons. The molecule has 0 aliphatic carbocycles. The average molecular weight is 338 g/mol. The van der Waals surface area contributed by atoms with E-state index in [4.69, 9.17) is 10.5 Å². The van der Waals surface area contributed by atoms with Crippen LogP contribution in [-0.4, -0.2) is 13.4 Å². The number of rotatable bonds is 4. The van der Waals surface area contributed by atoms with E-state index in [1.165, 1.54) is 4.90 Å². The Bertz CT molecular complexity index is 557. The van der Waals surface area contributed by atoms with Crippen LogP contribution >= 0.6 is 27.7 Å². The average Bonchev–Trinajstić information content (AvgIpc) is 2.46. The molecule has 0 spiro atoms. The minimum Gasteiger partial charge on any atom is -0.496 e. The largest absolute Gasteiger partial charge is 0.496 e. The highest BCUT2D eigenvalue weighted by atomic mass is 79.9. The fourth-order valence-electron chi connectivity index (χ4n) is 1.88. The first kappa shape index (κ1) is 14.4. The maximum Gasteiger partial charge on any atom is 0.133 e. The molecule has 1 unspecified atom stereocenters.